The van der Waals surface area contributed by atoms with E-state index in [-0.39, 0.29) is 22.7 Å². The average molecular weight is 373 g/mol. The Labute approximate surface area is 161 Å². The van der Waals surface area contributed by atoms with E-state index in [0.29, 0.717) is 18.1 Å². The predicted octanol–water partition coefficient (Wildman–Crippen LogP) is 5.06. The molecule has 1 aromatic carbocycles. The second kappa shape index (κ2) is 7.53. The first-order valence-electron chi connectivity index (χ1n) is 9.28. The van der Waals surface area contributed by atoms with Crippen molar-refractivity contribution in [2.75, 3.05) is 0 Å². The molecule has 1 aromatic rings. The van der Waals surface area contributed by atoms with Gasteiger partial charge in [0.2, 0.25) is 0 Å². The summed E-state index contributed by atoms with van der Waals surface area (Å²) in [5, 5.41) is 10.8. The molecule has 0 heterocycles. The van der Waals surface area contributed by atoms with Crippen LogP contribution in [-0.2, 0) is 4.74 Å². The van der Waals surface area contributed by atoms with Gasteiger partial charge in [-0.3, -0.25) is 0 Å². The van der Waals surface area contributed by atoms with E-state index in [1.165, 1.54) is 5.57 Å². The highest BCUT2D eigenvalue weighted by Crippen LogP contribution is 2.53. The van der Waals surface area contributed by atoms with E-state index >= 15 is 0 Å². The number of allylic oxidation sites excluding steroid dienone is 2. The minimum atomic E-state index is -0.494. The lowest BCUT2D eigenvalue weighted by Crippen LogP contribution is -2.50. The molecule has 3 nitrogen and oxygen atoms in total. The third-order valence-corrected chi connectivity index (χ3v) is 6.40. The van der Waals surface area contributed by atoms with Gasteiger partial charge >= 0.3 is 5.24 Å². The summed E-state index contributed by atoms with van der Waals surface area (Å²) in [5.41, 5.74) is 2.23. The van der Waals surface area contributed by atoms with Crippen molar-refractivity contribution >= 4 is 17.5 Å². The second-order valence-corrected chi connectivity index (χ2v) is 8.25. The van der Waals surface area contributed by atoms with Crippen LogP contribution < -0.4 is 4.74 Å². The van der Waals surface area contributed by atoms with Crippen LogP contribution in [0.1, 0.15) is 40.0 Å². The summed E-state index contributed by atoms with van der Waals surface area (Å²) >= 11 is 5.30. The predicted molar refractivity (Wildman–Crippen MR) is 108 cm³/mol. The molecular weight excluding hydrogens is 344 g/mol. The Kier molecular flexibility index (Phi) is 5.54. The van der Waals surface area contributed by atoms with Gasteiger partial charge in [0, 0.05) is 24.6 Å². The van der Waals surface area contributed by atoms with Crippen LogP contribution in [0.5, 0.6) is 5.75 Å². The Hall–Kier alpha value is -1.65. The zero-order valence-electron chi connectivity index (χ0n) is 15.8. The number of benzene rings is 1. The summed E-state index contributed by atoms with van der Waals surface area (Å²) < 4.78 is 11.6. The smallest absolute Gasteiger partial charge is 0.358 e. The number of aliphatic hydroxyl groups is 1. The SMILES string of the molecule is C=C(C)[C@@H]1CC=C2[C@H](O)C[C@@H](OC(=S)Oc3ccccc3)[C@@H](C)[C@@]2(C)C1. The maximum atomic E-state index is 10.7. The molecule has 0 bridgehead atoms. The molecule has 0 radical (unpaired) electrons. The van der Waals surface area contributed by atoms with Crippen molar-refractivity contribution < 1.29 is 14.6 Å². The van der Waals surface area contributed by atoms with Gasteiger partial charge in [-0.1, -0.05) is 50.3 Å². The summed E-state index contributed by atoms with van der Waals surface area (Å²) in [6, 6.07) is 9.39. The van der Waals surface area contributed by atoms with Crippen molar-refractivity contribution in [3.8, 4) is 5.75 Å². The molecule has 2 aliphatic rings. The van der Waals surface area contributed by atoms with E-state index in [2.05, 4.69) is 33.4 Å². The molecule has 0 aliphatic heterocycles. The van der Waals surface area contributed by atoms with Gasteiger partial charge in [0.15, 0.2) is 0 Å². The Balaban J connectivity index is 1.74. The average Bonchev–Trinajstić information content (AvgIpc) is 2.60. The summed E-state index contributed by atoms with van der Waals surface area (Å²) in [6.45, 7) is 10.7. The van der Waals surface area contributed by atoms with Crippen molar-refractivity contribution in [3.05, 3.63) is 54.1 Å². The number of ether oxygens (including phenoxy) is 2. The molecule has 0 saturated heterocycles. The van der Waals surface area contributed by atoms with Crippen molar-refractivity contribution in [3.63, 3.8) is 0 Å². The molecule has 140 valence electrons. The highest BCUT2D eigenvalue weighted by Gasteiger charge is 2.50. The Morgan fingerprint density at radius 2 is 2.00 bits per heavy atom. The van der Waals surface area contributed by atoms with Gasteiger partial charge in [0.05, 0.1) is 6.10 Å². The van der Waals surface area contributed by atoms with Gasteiger partial charge in [-0.25, -0.2) is 0 Å². The highest BCUT2D eigenvalue weighted by molar-refractivity contribution is 7.79. The van der Waals surface area contributed by atoms with Crippen molar-refractivity contribution in [2.24, 2.45) is 17.3 Å². The fourth-order valence-electron chi connectivity index (χ4n) is 4.40. The molecule has 26 heavy (non-hydrogen) atoms. The van der Waals surface area contributed by atoms with Crippen LogP contribution in [0.25, 0.3) is 0 Å². The normalized spacial score (nSPS) is 33.6. The number of rotatable bonds is 3. The lowest BCUT2D eigenvalue weighted by molar-refractivity contribution is -0.0339. The van der Waals surface area contributed by atoms with Crippen LogP contribution in [0, 0.1) is 17.3 Å². The molecule has 4 heteroatoms. The van der Waals surface area contributed by atoms with Gasteiger partial charge in [0.25, 0.3) is 0 Å². The number of thiocarbonyl (C=S) groups is 1. The Morgan fingerprint density at radius 1 is 1.31 bits per heavy atom. The lowest BCUT2D eigenvalue weighted by Gasteiger charge is -2.51. The maximum absolute atomic E-state index is 10.7. The van der Waals surface area contributed by atoms with Crippen LogP contribution >= 0.6 is 12.2 Å². The van der Waals surface area contributed by atoms with Crippen LogP contribution in [0.15, 0.2) is 54.1 Å². The zero-order chi connectivity index (χ0) is 18.9. The monoisotopic (exact) mass is 372 g/mol. The Morgan fingerprint density at radius 3 is 2.65 bits per heavy atom. The van der Waals surface area contributed by atoms with Gasteiger partial charge in [-0.15, -0.1) is 0 Å². The third-order valence-electron chi connectivity index (χ3n) is 6.22. The fraction of sp³-hybridized carbons (Fsp3) is 0.500. The van der Waals surface area contributed by atoms with Crippen molar-refractivity contribution in [2.45, 2.75) is 52.2 Å². The van der Waals surface area contributed by atoms with Crippen molar-refractivity contribution in [1.82, 2.24) is 0 Å². The van der Waals surface area contributed by atoms with E-state index in [1.807, 2.05) is 30.3 Å². The molecule has 0 unspecified atom stereocenters. The summed E-state index contributed by atoms with van der Waals surface area (Å²) in [6.07, 6.45) is 4.04. The lowest BCUT2D eigenvalue weighted by atomic mass is 9.56. The molecule has 3 rings (SSSR count). The number of fused-ring (bicyclic) bond motifs is 1. The minimum Gasteiger partial charge on any atom is -0.453 e. The summed E-state index contributed by atoms with van der Waals surface area (Å²) in [7, 11) is 0. The van der Waals surface area contributed by atoms with E-state index in [1.54, 1.807) is 0 Å². The summed E-state index contributed by atoms with van der Waals surface area (Å²) in [4.78, 5) is 0. The first-order chi connectivity index (χ1) is 12.3. The van der Waals surface area contributed by atoms with E-state index in [9.17, 15) is 5.11 Å². The second-order valence-electron chi connectivity index (χ2n) is 7.92. The molecule has 1 saturated carbocycles. The molecule has 2 aliphatic carbocycles. The first kappa shape index (κ1) is 19.1. The van der Waals surface area contributed by atoms with Gasteiger partial charge in [0.1, 0.15) is 11.9 Å². The van der Waals surface area contributed by atoms with Crippen LogP contribution in [0.3, 0.4) is 0 Å². The molecule has 1 N–H and O–H groups in total. The topological polar surface area (TPSA) is 38.7 Å². The standard InChI is InChI=1S/C22H28O3S/c1-14(2)16-10-11-18-19(23)12-20(15(3)22(18,4)13-16)25-21(26)24-17-8-6-5-7-9-17/h5-9,11,15-16,19-20,23H,1,10,12-13H2,2-4H3/t15-,16-,19-,20-,22-/m1/s1. The molecule has 5 atom stereocenters. The number of para-hydroxylation sites is 1. The number of aliphatic hydroxyl groups excluding tert-OH is 1. The summed E-state index contributed by atoms with van der Waals surface area (Å²) in [5.74, 6) is 1.33. The highest BCUT2D eigenvalue weighted by atomic mass is 32.1. The molecule has 0 amide bonds. The van der Waals surface area contributed by atoms with E-state index < -0.39 is 6.10 Å². The molecular formula is C22H28O3S. The van der Waals surface area contributed by atoms with E-state index in [0.717, 1.165) is 18.4 Å². The van der Waals surface area contributed by atoms with Crippen molar-refractivity contribution in [1.29, 1.82) is 0 Å². The minimum absolute atomic E-state index is 0.114. The van der Waals surface area contributed by atoms with Gasteiger partial charge in [-0.05, 0) is 48.8 Å². The number of hydrogen-bond donors (Lipinski definition) is 1. The van der Waals surface area contributed by atoms with Crippen LogP contribution in [0.4, 0.5) is 0 Å². The molecule has 1 fully saturated rings. The maximum Gasteiger partial charge on any atom is 0.358 e. The largest absolute Gasteiger partial charge is 0.453 e. The molecule has 0 aromatic heterocycles. The quantitative estimate of drug-likeness (QED) is 0.595. The van der Waals surface area contributed by atoms with Gasteiger partial charge in [-0.2, -0.15) is 0 Å². The zero-order valence-corrected chi connectivity index (χ0v) is 16.6. The van der Waals surface area contributed by atoms with Gasteiger partial charge < -0.3 is 14.6 Å². The Bertz CT molecular complexity index is 711. The fourth-order valence-corrected chi connectivity index (χ4v) is 4.62. The molecule has 0 spiro atoms. The van der Waals surface area contributed by atoms with E-state index in [4.69, 9.17) is 21.7 Å². The van der Waals surface area contributed by atoms with Crippen LogP contribution in [-0.4, -0.2) is 22.6 Å². The third kappa shape index (κ3) is 3.72. The number of hydrogen-bond acceptors (Lipinski definition) is 4. The first-order valence-corrected chi connectivity index (χ1v) is 9.69. The van der Waals surface area contributed by atoms with Crippen LogP contribution in [0.2, 0.25) is 0 Å².